The van der Waals surface area contributed by atoms with Crippen LogP contribution in [0.5, 0.6) is 23.0 Å². The van der Waals surface area contributed by atoms with Crippen molar-refractivity contribution in [2.24, 2.45) is 0 Å². The van der Waals surface area contributed by atoms with E-state index in [4.69, 9.17) is 14.2 Å². The molecule has 168 valence electrons. The largest absolute Gasteiger partial charge is 0.508 e. The molecule has 7 atom stereocenters. The zero-order valence-electron chi connectivity index (χ0n) is 16.3. The lowest BCUT2D eigenvalue weighted by Crippen LogP contribution is -2.60. The standard InChI is InChI=1S/C21H24O10/c22-8-16-17(26)18(27)19(28)21(31-16)29-11-3-1-9(2-4-11)20-14(25)7-12-13(24)5-10(23)6-15(12)30-20/h1-6,14,16-28H,7-8H2. The van der Waals surface area contributed by atoms with Crippen LogP contribution in [0.2, 0.25) is 0 Å². The topological polar surface area (TPSA) is 169 Å². The Hall–Kier alpha value is -2.60. The van der Waals surface area contributed by atoms with Crippen molar-refractivity contribution in [3.05, 3.63) is 47.5 Å². The third-order valence-corrected chi connectivity index (χ3v) is 5.50. The Morgan fingerprint density at radius 3 is 2.32 bits per heavy atom. The van der Waals surface area contributed by atoms with Crippen molar-refractivity contribution in [2.75, 3.05) is 6.61 Å². The van der Waals surface area contributed by atoms with E-state index >= 15 is 0 Å². The van der Waals surface area contributed by atoms with Crippen molar-refractivity contribution in [1.29, 1.82) is 0 Å². The number of ether oxygens (including phenoxy) is 3. The molecule has 0 amide bonds. The van der Waals surface area contributed by atoms with Crippen LogP contribution in [-0.2, 0) is 11.2 Å². The van der Waals surface area contributed by atoms with E-state index in [0.717, 1.165) is 0 Å². The van der Waals surface area contributed by atoms with Gasteiger partial charge in [0.05, 0.1) is 12.7 Å². The first-order valence-corrected chi connectivity index (χ1v) is 9.75. The lowest BCUT2D eigenvalue weighted by atomic mass is 9.94. The molecule has 0 aliphatic carbocycles. The smallest absolute Gasteiger partial charge is 0.229 e. The fourth-order valence-electron chi connectivity index (χ4n) is 3.78. The van der Waals surface area contributed by atoms with Crippen LogP contribution >= 0.6 is 0 Å². The van der Waals surface area contributed by atoms with Crippen LogP contribution in [0.4, 0.5) is 0 Å². The summed E-state index contributed by atoms with van der Waals surface area (Å²) in [6.45, 7) is -0.562. The first kappa shape index (κ1) is 21.6. The SMILES string of the molecule is OCC1OC(Oc2ccc(C3Oc4cc(O)cc(O)c4CC3O)cc2)C(O)C(O)C1O. The van der Waals surface area contributed by atoms with Gasteiger partial charge in [-0.1, -0.05) is 12.1 Å². The van der Waals surface area contributed by atoms with E-state index < -0.39 is 49.5 Å². The quantitative estimate of drug-likeness (QED) is 0.326. The number of aliphatic hydroxyl groups excluding tert-OH is 5. The fourth-order valence-corrected chi connectivity index (χ4v) is 3.78. The van der Waals surface area contributed by atoms with Gasteiger partial charge < -0.3 is 50.0 Å². The second-order valence-corrected chi connectivity index (χ2v) is 7.64. The van der Waals surface area contributed by atoms with Gasteiger partial charge in [-0.15, -0.1) is 0 Å². The second-order valence-electron chi connectivity index (χ2n) is 7.64. The van der Waals surface area contributed by atoms with Gasteiger partial charge in [0.1, 0.15) is 53.5 Å². The van der Waals surface area contributed by atoms with Gasteiger partial charge in [0.25, 0.3) is 0 Å². The van der Waals surface area contributed by atoms with Gasteiger partial charge in [0, 0.05) is 24.1 Å². The van der Waals surface area contributed by atoms with Crippen molar-refractivity contribution < 1.29 is 50.0 Å². The molecule has 2 aliphatic rings. The van der Waals surface area contributed by atoms with Crippen LogP contribution in [0.3, 0.4) is 0 Å². The molecule has 10 nitrogen and oxygen atoms in total. The van der Waals surface area contributed by atoms with Gasteiger partial charge in [0.2, 0.25) is 6.29 Å². The molecule has 0 aromatic heterocycles. The van der Waals surface area contributed by atoms with E-state index in [9.17, 15) is 35.7 Å². The van der Waals surface area contributed by atoms with E-state index in [-0.39, 0.29) is 29.4 Å². The van der Waals surface area contributed by atoms with Crippen molar-refractivity contribution in [3.63, 3.8) is 0 Å². The monoisotopic (exact) mass is 436 g/mol. The van der Waals surface area contributed by atoms with Crippen LogP contribution in [-0.4, -0.2) is 79.2 Å². The molecule has 4 rings (SSSR count). The maximum Gasteiger partial charge on any atom is 0.229 e. The van der Waals surface area contributed by atoms with Crippen LogP contribution in [0, 0.1) is 0 Å². The molecule has 1 saturated heterocycles. The van der Waals surface area contributed by atoms with Crippen LogP contribution in [0.1, 0.15) is 17.2 Å². The van der Waals surface area contributed by atoms with E-state index in [1.807, 2.05) is 0 Å². The molecule has 2 aromatic carbocycles. The number of hydrogen-bond acceptors (Lipinski definition) is 10. The summed E-state index contributed by atoms with van der Waals surface area (Å²) >= 11 is 0. The Morgan fingerprint density at radius 1 is 0.935 bits per heavy atom. The molecule has 2 heterocycles. The number of benzene rings is 2. The van der Waals surface area contributed by atoms with Gasteiger partial charge in [0.15, 0.2) is 0 Å². The van der Waals surface area contributed by atoms with Gasteiger partial charge in [-0.25, -0.2) is 0 Å². The number of hydrogen-bond donors (Lipinski definition) is 7. The summed E-state index contributed by atoms with van der Waals surface area (Å²) in [7, 11) is 0. The molecular formula is C21H24O10. The lowest BCUT2D eigenvalue weighted by Gasteiger charge is -2.39. The molecule has 0 bridgehead atoms. The predicted octanol–water partition coefficient (Wildman–Crippen LogP) is -0.686. The van der Waals surface area contributed by atoms with E-state index in [1.54, 1.807) is 24.3 Å². The lowest BCUT2D eigenvalue weighted by molar-refractivity contribution is -0.277. The van der Waals surface area contributed by atoms with Crippen molar-refractivity contribution in [2.45, 2.75) is 49.3 Å². The highest BCUT2D eigenvalue weighted by atomic mass is 16.7. The summed E-state index contributed by atoms with van der Waals surface area (Å²) in [5.41, 5.74) is 1.01. The number of phenolic OH excluding ortho intramolecular Hbond substituents is 2. The fraction of sp³-hybridized carbons (Fsp3) is 0.429. The summed E-state index contributed by atoms with van der Waals surface area (Å²) in [6.07, 6.45) is -8.51. The van der Waals surface area contributed by atoms with Gasteiger partial charge in [-0.05, 0) is 17.7 Å². The molecular weight excluding hydrogens is 412 g/mol. The molecule has 1 fully saturated rings. The highest BCUT2D eigenvalue weighted by Crippen LogP contribution is 2.42. The van der Waals surface area contributed by atoms with E-state index in [2.05, 4.69) is 0 Å². The van der Waals surface area contributed by atoms with Gasteiger partial charge >= 0.3 is 0 Å². The van der Waals surface area contributed by atoms with Crippen LogP contribution < -0.4 is 9.47 Å². The van der Waals surface area contributed by atoms with Crippen molar-refractivity contribution in [3.8, 4) is 23.0 Å². The number of phenols is 2. The number of aliphatic hydroxyl groups is 5. The third-order valence-electron chi connectivity index (χ3n) is 5.50. The Kier molecular flexibility index (Phi) is 5.93. The Balaban J connectivity index is 1.48. The summed E-state index contributed by atoms with van der Waals surface area (Å²) in [5, 5.41) is 69.1. The minimum Gasteiger partial charge on any atom is -0.508 e. The summed E-state index contributed by atoms with van der Waals surface area (Å²) < 4.78 is 16.7. The normalized spacial score (nSPS) is 32.7. The molecule has 7 unspecified atom stereocenters. The molecule has 0 spiro atoms. The molecule has 2 aliphatic heterocycles. The van der Waals surface area contributed by atoms with Crippen molar-refractivity contribution in [1.82, 2.24) is 0 Å². The Labute approximate surface area is 177 Å². The minimum absolute atomic E-state index is 0.134. The average molecular weight is 436 g/mol. The average Bonchev–Trinajstić information content (AvgIpc) is 2.75. The van der Waals surface area contributed by atoms with E-state index in [0.29, 0.717) is 11.1 Å². The molecule has 0 saturated carbocycles. The van der Waals surface area contributed by atoms with Crippen molar-refractivity contribution >= 4 is 0 Å². The molecule has 0 radical (unpaired) electrons. The zero-order valence-corrected chi connectivity index (χ0v) is 16.3. The molecule has 2 aromatic rings. The predicted molar refractivity (Wildman–Crippen MR) is 104 cm³/mol. The Bertz CT molecular complexity index is 915. The van der Waals surface area contributed by atoms with Crippen LogP contribution in [0.15, 0.2) is 36.4 Å². The number of rotatable bonds is 4. The molecule has 10 heteroatoms. The highest BCUT2D eigenvalue weighted by molar-refractivity contribution is 5.51. The number of aromatic hydroxyl groups is 2. The third kappa shape index (κ3) is 4.13. The number of fused-ring (bicyclic) bond motifs is 1. The van der Waals surface area contributed by atoms with Crippen LogP contribution in [0.25, 0.3) is 0 Å². The summed E-state index contributed by atoms with van der Waals surface area (Å²) in [5.74, 6) is 0.231. The van der Waals surface area contributed by atoms with Gasteiger partial charge in [-0.2, -0.15) is 0 Å². The molecule has 7 N–H and O–H groups in total. The first-order chi connectivity index (χ1) is 14.8. The second kappa shape index (κ2) is 8.50. The molecule has 31 heavy (non-hydrogen) atoms. The minimum atomic E-state index is -1.55. The summed E-state index contributed by atoms with van der Waals surface area (Å²) in [6, 6.07) is 8.89. The zero-order chi connectivity index (χ0) is 22.3. The van der Waals surface area contributed by atoms with E-state index in [1.165, 1.54) is 12.1 Å². The summed E-state index contributed by atoms with van der Waals surface area (Å²) in [4.78, 5) is 0. The van der Waals surface area contributed by atoms with Gasteiger partial charge in [-0.3, -0.25) is 0 Å². The highest BCUT2D eigenvalue weighted by Gasteiger charge is 2.44. The first-order valence-electron chi connectivity index (χ1n) is 9.75. The Morgan fingerprint density at radius 2 is 1.65 bits per heavy atom. The maximum absolute atomic E-state index is 10.5. The maximum atomic E-state index is 10.5.